The number of methoxy groups -OCH3 is 1. The molecule has 0 saturated carbocycles. The van der Waals surface area contributed by atoms with E-state index in [1.807, 2.05) is 24.3 Å². The smallest absolute Gasteiger partial charge is 0.220 e. The number of hydrogen-bond donors (Lipinski definition) is 2. The van der Waals surface area contributed by atoms with E-state index in [0.29, 0.717) is 25.3 Å². The molecule has 0 spiro atoms. The van der Waals surface area contributed by atoms with Gasteiger partial charge in [0.2, 0.25) is 5.91 Å². The molecule has 4 nitrogen and oxygen atoms in total. The van der Waals surface area contributed by atoms with Crippen molar-refractivity contribution in [1.29, 1.82) is 0 Å². The Morgan fingerprint density at radius 3 is 2.59 bits per heavy atom. The first-order valence-electron chi connectivity index (χ1n) is 9.19. The Balaban J connectivity index is 1.92. The van der Waals surface area contributed by atoms with Gasteiger partial charge in [0.15, 0.2) is 0 Å². The third-order valence-corrected chi connectivity index (χ3v) is 4.56. The molecule has 0 aliphatic heterocycles. The van der Waals surface area contributed by atoms with Crippen LogP contribution in [0.5, 0.6) is 5.75 Å². The number of carbonyl (C=O) groups excluding carboxylic acids is 1. The number of rotatable bonds is 7. The first-order chi connectivity index (χ1) is 13.0. The highest BCUT2D eigenvalue weighted by molar-refractivity contribution is 5.91. The quantitative estimate of drug-likeness (QED) is 0.636. The fraction of sp³-hybridized carbons (Fsp3) is 0.318. The van der Waals surface area contributed by atoms with Crippen molar-refractivity contribution in [3.05, 3.63) is 53.8 Å². The lowest BCUT2D eigenvalue weighted by molar-refractivity contribution is -0.121. The number of amides is 1. The van der Waals surface area contributed by atoms with Gasteiger partial charge in [-0.3, -0.25) is 4.79 Å². The summed E-state index contributed by atoms with van der Waals surface area (Å²) in [5.41, 5.74) is 3.70. The van der Waals surface area contributed by atoms with Crippen molar-refractivity contribution in [1.82, 2.24) is 10.3 Å². The van der Waals surface area contributed by atoms with Gasteiger partial charge in [-0.25, -0.2) is 4.39 Å². The van der Waals surface area contributed by atoms with Gasteiger partial charge in [0.25, 0.3) is 0 Å². The first-order valence-corrected chi connectivity index (χ1v) is 9.19. The number of benzene rings is 2. The van der Waals surface area contributed by atoms with E-state index in [1.54, 1.807) is 13.2 Å². The fourth-order valence-electron chi connectivity index (χ4n) is 3.13. The molecule has 0 aliphatic carbocycles. The molecule has 0 bridgehead atoms. The molecule has 2 aromatic carbocycles. The summed E-state index contributed by atoms with van der Waals surface area (Å²) in [6, 6.07) is 12.4. The number of ether oxygens (including phenoxy) is 1. The lowest BCUT2D eigenvalue weighted by Crippen LogP contribution is -2.27. The minimum absolute atomic E-state index is 0.00938. The molecule has 142 valence electrons. The predicted octanol–water partition coefficient (Wildman–Crippen LogP) is 4.69. The molecule has 3 aromatic rings. The van der Waals surface area contributed by atoms with E-state index >= 15 is 0 Å². The summed E-state index contributed by atoms with van der Waals surface area (Å²) in [4.78, 5) is 15.5. The monoisotopic (exact) mass is 368 g/mol. The molecule has 1 heterocycles. The highest BCUT2D eigenvalue weighted by Gasteiger charge is 2.15. The van der Waals surface area contributed by atoms with Gasteiger partial charge in [-0.2, -0.15) is 0 Å². The van der Waals surface area contributed by atoms with Crippen LogP contribution in [0, 0.1) is 11.7 Å². The van der Waals surface area contributed by atoms with Gasteiger partial charge in [-0.05, 0) is 65.9 Å². The van der Waals surface area contributed by atoms with E-state index in [4.69, 9.17) is 4.74 Å². The van der Waals surface area contributed by atoms with Crippen molar-refractivity contribution in [3.8, 4) is 17.0 Å². The van der Waals surface area contributed by atoms with E-state index in [-0.39, 0.29) is 11.7 Å². The Morgan fingerprint density at radius 1 is 1.19 bits per heavy atom. The first kappa shape index (κ1) is 19.0. The van der Waals surface area contributed by atoms with Crippen LogP contribution in [0.4, 0.5) is 4.39 Å². The molecule has 5 heteroatoms. The lowest BCUT2D eigenvalue weighted by atomic mass is 10.0. The maximum Gasteiger partial charge on any atom is 0.220 e. The Hall–Kier alpha value is -2.82. The number of aromatic amines is 1. The van der Waals surface area contributed by atoms with Gasteiger partial charge in [0.05, 0.1) is 7.11 Å². The number of nitrogens with one attached hydrogen (secondary N) is 2. The van der Waals surface area contributed by atoms with Gasteiger partial charge < -0.3 is 15.0 Å². The molecular formula is C22H25FN2O2. The Morgan fingerprint density at radius 2 is 1.93 bits per heavy atom. The van der Waals surface area contributed by atoms with Gasteiger partial charge >= 0.3 is 0 Å². The average Bonchev–Trinajstić information content (AvgIpc) is 3.02. The normalized spacial score (nSPS) is 11.1. The molecule has 1 amide bonds. The van der Waals surface area contributed by atoms with Gasteiger partial charge in [-0.15, -0.1) is 0 Å². The maximum absolute atomic E-state index is 13.8. The van der Waals surface area contributed by atoms with Crippen LogP contribution in [0.15, 0.2) is 42.5 Å². The molecular weight excluding hydrogens is 343 g/mol. The molecule has 27 heavy (non-hydrogen) atoms. The van der Waals surface area contributed by atoms with Crippen LogP contribution in [0.3, 0.4) is 0 Å². The Bertz CT molecular complexity index is 929. The zero-order chi connectivity index (χ0) is 19.4. The number of hydrogen-bond acceptors (Lipinski definition) is 2. The third-order valence-electron chi connectivity index (χ3n) is 4.56. The van der Waals surface area contributed by atoms with Crippen molar-refractivity contribution in [2.24, 2.45) is 5.92 Å². The van der Waals surface area contributed by atoms with Crippen LogP contribution >= 0.6 is 0 Å². The van der Waals surface area contributed by atoms with Crippen molar-refractivity contribution in [2.45, 2.75) is 26.7 Å². The van der Waals surface area contributed by atoms with E-state index in [9.17, 15) is 9.18 Å². The number of aryl methyl sites for hydroxylation is 1. The minimum Gasteiger partial charge on any atom is -0.497 e. The summed E-state index contributed by atoms with van der Waals surface area (Å²) in [5, 5.41) is 3.76. The lowest BCUT2D eigenvalue weighted by Gasteiger charge is -2.09. The molecule has 3 rings (SSSR count). The Kier molecular flexibility index (Phi) is 5.79. The Labute approximate surface area is 158 Å². The fourth-order valence-corrected chi connectivity index (χ4v) is 3.13. The summed E-state index contributed by atoms with van der Waals surface area (Å²) >= 11 is 0. The van der Waals surface area contributed by atoms with Crippen LogP contribution in [0.25, 0.3) is 22.2 Å². The van der Waals surface area contributed by atoms with E-state index in [1.165, 1.54) is 12.1 Å². The van der Waals surface area contributed by atoms with Gasteiger partial charge in [0.1, 0.15) is 11.6 Å². The molecule has 0 aliphatic rings. The zero-order valence-corrected chi connectivity index (χ0v) is 15.9. The number of H-pyrrole nitrogens is 1. The highest BCUT2D eigenvalue weighted by Crippen LogP contribution is 2.32. The second-order valence-electron chi connectivity index (χ2n) is 7.09. The van der Waals surface area contributed by atoms with Crippen molar-refractivity contribution in [2.75, 3.05) is 13.7 Å². The van der Waals surface area contributed by atoms with Gasteiger partial charge in [-0.1, -0.05) is 13.8 Å². The SMILES string of the molecule is COc1ccc(-c2[nH]c3ccc(F)cc3c2CCC(=O)NCC(C)C)cc1. The largest absolute Gasteiger partial charge is 0.497 e. The van der Waals surface area contributed by atoms with Crippen LogP contribution in [0.2, 0.25) is 0 Å². The highest BCUT2D eigenvalue weighted by atomic mass is 19.1. The minimum atomic E-state index is -0.284. The predicted molar refractivity (Wildman–Crippen MR) is 106 cm³/mol. The van der Waals surface area contributed by atoms with Crippen molar-refractivity contribution >= 4 is 16.8 Å². The molecule has 0 saturated heterocycles. The molecule has 0 fully saturated rings. The van der Waals surface area contributed by atoms with E-state index < -0.39 is 0 Å². The van der Waals surface area contributed by atoms with Gasteiger partial charge in [0, 0.05) is 29.6 Å². The van der Waals surface area contributed by atoms with E-state index in [0.717, 1.165) is 33.5 Å². The number of carbonyl (C=O) groups is 1. The summed E-state index contributed by atoms with van der Waals surface area (Å²) in [6.07, 6.45) is 0.897. The maximum atomic E-state index is 13.8. The summed E-state index contributed by atoms with van der Waals surface area (Å²) in [7, 11) is 1.63. The van der Waals surface area contributed by atoms with Crippen LogP contribution in [0.1, 0.15) is 25.8 Å². The van der Waals surface area contributed by atoms with Crippen molar-refractivity contribution < 1.29 is 13.9 Å². The van der Waals surface area contributed by atoms with Crippen LogP contribution in [-0.4, -0.2) is 24.5 Å². The molecule has 0 unspecified atom stereocenters. The standard InChI is InChI=1S/C22H25FN2O2/c1-14(2)13-24-21(26)11-9-18-19-12-16(23)6-10-20(19)25-22(18)15-4-7-17(27-3)8-5-15/h4-8,10,12,14,25H,9,11,13H2,1-3H3,(H,24,26). The second-order valence-corrected chi connectivity index (χ2v) is 7.09. The zero-order valence-electron chi connectivity index (χ0n) is 15.9. The van der Waals surface area contributed by atoms with Crippen LogP contribution in [-0.2, 0) is 11.2 Å². The second kappa shape index (κ2) is 8.25. The molecule has 0 atom stereocenters. The average molecular weight is 368 g/mol. The molecule has 0 radical (unpaired) electrons. The van der Waals surface area contributed by atoms with E-state index in [2.05, 4.69) is 24.1 Å². The molecule has 2 N–H and O–H groups in total. The summed E-state index contributed by atoms with van der Waals surface area (Å²) in [5.74, 6) is 0.907. The molecule has 1 aromatic heterocycles. The van der Waals surface area contributed by atoms with Crippen molar-refractivity contribution in [3.63, 3.8) is 0 Å². The summed E-state index contributed by atoms with van der Waals surface area (Å²) < 4.78 is 19.0. The van der Waals surface area contributed by atoms with Crippen LogP contribution < -0.4 is 10.1 Å². The number of fused-ring (bicyclic) bond motifs is 1. The third kappa shape index (κ3) is 4.48. The topological polar surface area (TPSA) is 54.1 Å². The summed E-state index contributed by atoms with van der Waals surface area (Å²) in [6.45, 7) is 4.78. The number of aromatic nitrogens is 1. The number of halogens is 1.